The highest BCUT2D eigenvalue weighted by Gasteiger charge is 2.18. The normalized spacial score (nSPS) is 10.7. The lowest BCUT2D eigenvalue weighted by molar-refractivity contribution is 0.0434. The van der Waals surface area contributed by atoms with Crippen molar-refractivity contribution in [3.05, 3.63) is 35.3 Å². The Balaban J connectivity index is 1.85. The Bertz CT molecular complexity index is 710. The maximum absolute atomic E-state index is 12.3. The van der Waals surface area contributed by atoms with Crippen molar-refractivity contribution in [1.29, 1.82) is 0 Å². The number of carbonyl (C=O) groups is 1. The fourth-order valence-electron chi connectivity index (χ4n) is 2.12. The summed E-state index contributed by atoms with van der Waals surface area (Å²) >= 11 is 6.11. The molecule has 7 nitrogen and oxygen atoms in total. The molecule has 0 saturated heterocycles. The number of halogens is 2. The third-order valence-corrected chi connectivity index (χ3v) is 3.62. The first kappa shape index (κ1) is 20.2. The van der Waals surface area contributed by atoms with Gasteiger partial charge in [-0.15, -0.1) is 0 Å². The average Bonchev–Trinajstić information content (AvgIpc) is 3.13. The van der Waals surface area contributed by atoms with Crippen molar-refractivity contribution in [2.75, 3.05) is 46.8 Å². The highest BCUT2D eigenvalue weighted by atomic mass is 35.5. The topological polar surface area (TPSA) is 82.8 Å². The molecule has 1 heterocycles. The van der Waals surface area contributed by atoms with Gasteiger partial charge in [0.15, 0.2) is 17.8 Å². The highest BCUT2D eigenvalue weighted by molar-refractivity contribution is 6.32. The van der Waals surface area contributed by atoms with Crippen LogP contribution in [0.4, 0.5) is 4.39 Å². The first-order valence-corrected chi connectivity index (χ1v) is 8.32. The van der Waals surface area contributed by atoms with Crippen molar-refractivity contribution in [3.8, 4) is 17.1 Å². The predicted octanol–water partition coefficient (Wildman–Crippen LogP) is 2.74. The Labute approximate surface area is 155 Å². The van der Waals surface area contributed by atoms with Gasteiger partial charge >= 0.3 is 0 Å². The fraction of sp³-hybridized carbons (Fsp3) is 0.412. The Morgan fingerprint density at radius 3 is 2.73 bits per heavy atom. The summed E-state index contributed by atoms with van der Waals surface area (Å²) < 4.78 is 32.5. The minimum atomic E-state index is -0.518. The van der Waals surface area contributed by atoms with Gasteiger partial charge in [-0.05, 0) is 18.2 Å². The van der Waals surface area contributed by atoms with Gasteiger partial charge < -0.3 is 23.9 Å². The molecule has 0 spiro atoms. The highest BCUT2D eigenvalue weighted by Crippen LogP contribution is 2.31. The number of amides is 1. The van der Waals surface area contributed by atoms with Gasteiger partial charge in [-0.25, -0.2) is 9.37 Å². The second-order valence-corrected chi connectivity index (χ2v) is 5.46. The molecule has 9 heteroatoms. The molecular formula is C17H20ClFN2O5. The number of methoxy groups -OCH3 is 1. The van der Waals surface area contributed by atoms with Crippen LogP contribution in [0.25, 0.3) is 11.3 Å². The van der Waals surface area contributed by atoms with E-state index in [-0.39, 0.29) is 18.8 Å². The van der Waals surface area contributed by atoms with E-state index in [1.54, 1.807) is 18.2 Å². The number of ether oxygens (including phenoxy) is 3. The number of carbonyl (C=O) groups excluding carboxylic acids is 1. The molecule has 0 aliphatic carbocycles. The molecule has 0 radical (unpaired) electrons. The first-order valence-electron chi connectivity index (χ1n) is 7.94. The fourth-order valence-corrected chi connectivity index (χ4v) is 2.38. The van der Waals surface area contributed by atoms with Crippen molar-refractivity contribution in [3.63, 3.8) is 0 Å². The van der Waals surface area contributed by atoms with Gasteiger partial charge in [-0.2, -0.15) is 0 Å². The van der Waals surface area contributed by atoms with Crippen LogP contribution in [0.3, 0.4) is 0 Å². The van der Waals surface area contributed by atoms with Crippen LogP contribution in [-0.4, -0.2) is 57.6 Å². The summed E-state index contributed by atoms with van der Waals surface area (Å²) in [5, 5.41) is 3.09. The molecule has 1 amide bonds. The van der Waals surface area contributed by atoms with E-state index in [9.17, 15) is 9.18 Å². The zero-order chi connectivity index (χ0) is 18.8. The van der Waals surface area contributed by atoms with Crippen molar-refractivity contribution in [1.82, 2.24) is 10.3 Å². The van der Waals surface area contributed by atoms with Gasteiger partial charge in [0.2, 0.25) is 0 Å². The summed E-state index contributed by atoms with van der Waals surface area (Å²) in [6, 6.07) is 5.04. The maximum Gasteiger partial charge on any atom is 0.274 e. The second kappa shape index (κ2) is 10.7. The summed E-state index contributed by atoms with van der Waals surface area (Å²) in [7, 11) is 1.52. The van der Waals surface area contributed by atoms with Crippen LogP contribution >= 0.6 is 11.6 Å². The number of oxazole rings is 1. The van der Waals surface area contributed by atoms with Gasteiger partial charge in [0.1, 0.15) is 12.4 Å². The number of alkyl halides is 1. The van der Waals surface area contributed by atoms with Crippen molar-refractivity contribution in [2.24, 2.45) is 0 Å². The van der Waals surface area contributed by atoms with Gasteiger partial charge in [-0.3, -0.25) is 4.79 Å². The van der Waals surface area contributed by atoms with E-state index in [1.807, 2.05) is 0 Å². The predicted molar refractivity (Wildman–Crippen MR) is 93.4 cm³/mol. The molecule has 2 aromatic rings. The molecule has 2 rings (SSSR count). The van der Waals surface area contributed by atoms with Crippen molar-refractivity contribution in [2.45, 2.75) is 0 Å². The third-order valence-electron chi connectivity index (χ3n) is 3.32. The van der Waals surface area contributed by atoms with E-state index < -0.39 is 12.6 Å². The monoisotopic (exact) mass is 385 g/mol. The largest absolute Gasteiger partial charge is 0.495 e. The minimum absolute atomic E-state index is 0.0599. The van der Waals surface area contributed by atoms with Crippen LogP contribution in [0.5, 0.6) is 5.75 Å². The summed E-state index contributed by atoms with van der Waals surface area (Å²) in [6.07, 6.45) is 1.20. The smallest absolute Gasteiger partial charge is 0.274 e. The summed E-state index contributed by atoms with van der Waals surface area (Å²) in [6.45, 7) is 0.767. The Morgan fingerprint density at radius 2 is 2.04 bits per heavy atom. The van der Waals surface area contributed by atoms with E-state index in [4.69, 9.17) is 30.2 Å². The van der Waals surface area contributed by atoms with Crippen LogP contribution in [0.2, 0.25) is 5.02 Å². The minimum Gasteiger partial charge on any atom is -0.495 e. The summed E-state index contributed by atoms with van der Waals surface area (Å²) in [4.78, 5) is 16.2. The molecule has 0 fully saturated rings. The molecule has 0 saturated carbocycles. The molecule has 0 bridgehead atoms. The van der Waals surface area contributed by atoms with E-state index in [2.05, 4.69) is 10.3 Å². The van der Waals surface area contributed by atoms with Crippen LogP contribution in [0, 0.1) is 0 Å². The van der Waals surface area contributed by atoms with E-state index in [0.717, 1.165) is 0 Å². The van der Waals surface area contributed by atoms with Gasteiger partial charge in [0.25, 0.3) is 5.91 Å². The van der Waals surface area contributed by atoms with Gasteiger partial charge in [0, 0.05) is 12.1 Å². The summed E-state index contributed by atoms with van der Waals surface area (Å²) in [5.41, 5.74) is 0.761. The lowest BCUT2D eigenvalue weighted by atomic mass is 10.1. The van der Waals surface area contributed by atoms with Crippen LogP contribution in [0.15, 0.2) is 29.0 Å². The van der Waals surface area contributed by atoms with E-state index in [0.29, 0.717) is 41.9 Å². The SMILES string of the molecule is COc1ccc(-c2ocnc2C(=O)NCCOCCOCC[18F])cc1Cl. The first-order chi connectivity index (χ1) is 12.7. The van der Waals surface area contributed by atoms with Gasteiger partial charge in [0.05, 0.1) is 38.6 Å². The second-order valence-electron chi connectivity index (χ2n) is 5.05. The van der Waals surface area contributed by atoms with Crippen molar-refractivity contribution < 1.29 is 27.8 Å². The molecule has 0 aliphatic heterocycles. The zero-order valence-electron chi connectivity index (χ0n) is 14.3. The Morgan fingerprint density at radius 1 is 1.27 bits per heavy atom. The number of hydrogen-bond acceptors (Lipinski definition) is 6. The lowest BCUT2D eigenvalue weighted by Gasteiger charge is -2.07. The quantitative estimate of drug-likeness (QED) is 0.599. The standard InChI is InChI=1S/C17H20ClFN2O5/c1-23-14-3-2-12(10-13(14)18)16-15(21-11-26-16)17(22)20-5-7-25-9-8-24-6-4-19/h2-3,10-11H,4-9H2,1H3,(H,20,22)/i19-1. The average molecular weight is 386 g/mol. The molecule has 0 atom stereocenters. The van der Waals surface area contributed by atoms with Gasteiger partial charge in [-0.1, -0.05) is 11.6 Å². The number of benzene rings is 1. The lowest BCUT2D eigenvalue weighted by Crippen LogP contribution is -2.28. The van der Waals surface area contributed by atoms with E-state index >= 15 is 0 Å². The summed E-state index contributed by atoms with van der Waals surface area (Å²) in [5.74, 6) is 0.444. The number of nitrogens with one attached hydrogen (secondary N) is 1. The maximum atomic E-state index is 12.3. The molecule has 1 N–H and O–H groups in total. The zero-order valence-corrected chi connectivity index (χ0v) is 15.1. The molecule has 0 aliphatic rings. The Kier molecular flexibility index (Phi) is 8.33. The number of rotatable bonds is 11. The third kappa shape index (κ3) is 5.69. The molecule has 1 aromatic heterocycles. The molecule has 1 aromatic carbocycles. The van der Waals surface area contributed by atoms with Crippen molar-refractivity contribution >= 4 is 17.5 Å². The number of hydrogen-bond donors (Lipinski definition) is 1. The van der Waals surface area contributed by atoms with E-state index in [1.165, 1.54) is 13.5 Å². The Hall–Kier alpha value is -2.16. The molecular weight excluding hydrogens is 366 g/mol. The molecule has 0 unspecified atom stereocenters. The molecule has 142 valence electrons. The number of nitrogens with zero attached hydrogens (tertiary/aromatic N) is 1. The number of aromatic nitrogens is 1. The molecule has 26 heavy (non-hydrogen) atoms. The van der Waals surface area contributed by atoms with Crippen LogP contribution in [0.1, 0.15) is 10.5 Å². The van der Waals surface area contributed by atoms with Crippen LogP contribution in [-0.2, 0) is 9.47 Å². The van der Waals surface area contributed by atoms with Crippen LogP contribution < -0.4 is 10.1 Å².